The second kappa shape index (κ2) is 3.67. The van der Waals surface area contributed by atoms with Crippen LogP contribution >= 0.6 is 11.6 Å². The molecule has 0 saturated heterocycles. The number of halogens is 3. The van der Waals surface area contributed by atoms with Crippen LogP contribution in [0.5, 0.6) is 5.75 Å². The van der Waals surface area contributed by atoms with E-state index in [1.165, 1.54) is 19.2 Å². The van der Waals surface area contributed by atoms with E-state index < -0.39 is 12.1 Å². The predicted molar refractivity (Wildman–Crippen MR) is 40.8 cm³/mol. The summed E-state index contributed by atoms with van der Waals surface area (Å²) in [6, 6.07) is 2.75. The van der Waals surface area contributed by atoms with Crippen molar-refractivity contribution >= 4 is 11.6 Å². The van der Waals surface area contributed by atoms with Crippen molar-refractivity contribution in [3.05, 3.63) is 23.0 Å². The van der Waals surface area contributed by atoms with Crippen LogP contribution in [0.3, 0.4) is 0 Å². The molecule has 0 unspecified atom stereocenters. The molecule has 66 valence electrons. The van der Waals surface area contributed by atoms with Crippen LogP contribution in [0.4, 0.5) is 8.78 Å². The molecule has 1 rings (SSSR count). The molecule has 1 heterocycles. The van der Waals surface area contributed by atoms with Gasteiger partial charge in [-0.2, -0.15) is 0 Å². The van der Waals surface area contributed by atoms with E-state index in [9.17, 15) is 8.78 Å². The smallest absolute Gasteiger partial charge is 0.284 e. The van der Waals surface area contributed by atoms with E-state index in [2.05, 4.69) is 9.72 Å². The number of ether oxygens (including phenoxy) is 1. The van der Waals surface area contributed by atoms with Crippen LogP contribution in [0.2, 0.25) is 5.15 Å². The summed E-state index contributed by atoms with van der Waals surface area (Å²) in [4.78, 5) is 3.43. The first kappa shape index (κ1) is 9.19. The molecule has 0 saturated carbocycles. The van der Waals surface area contributed by atoms with E-state index in [0.717, 1.165) is 0 Å². The van der Waals surface area contributed by atoms with Gasteiger partial charge in [-0.05, 0) is 12.1 Å². The highest BCUT2D eigenvalue weighted by Gasteiger charge is 2.15. The van der Waals surface area contributed by atoms with Crippen LogP contribution < -0.4 is 4.74 Å². The molecule has 0 aliphatic carbocycles. The molecule has 12 heavy (non-hydrogen) atoms. The zero-order chi connectivity index (χ0) is 9.14. The van der Waals surface area contributed by atoms with E-state index in [4.69, 9.17) is 11.6 Å². The largest absolute Gasteiger partial charge is 0.495 e. The summed E-state index contributed by atoms with van der Waals surface area (Å²) in [5, 5.41) is 0.0334. The minimum atomic E-state index is -2.67. The van der Waals surface area contributed by atoms with Crippen LogP contribution in [-0.2, 0) is 0 Å². The van der Waals surface area contributed by atoms with Gasteiger partial charge in [-0.15, -0.1) is 0 Å². The second-order valence-corrected chi connectivity index (χ2v) is 2.41. The molecule has 0 fully saturated rings. The predicted octanol–water partition coefficient (Wildman–Crippen LogP) is 2.68. The molecule has 1 aromatic heterocycles. The van der Waals surface area contributed by atoms with Crippen molar-refractivity contribution in [2.75, 3.05) is 7.11 Å². The summed E-state index contributed by atoms with van der Waals surface area (Å²) in [5.74, 6) is 0.0504. The molecule has 0 N–H and O–H groups in total. The molecule has 0 atom stereocenters. The fourth-order valence-corrected chi connectivity index (χ4v) is 0.920. The van der Waals surface area contributed by atoms with Crippen molar-refractivity contribution in [2.24, 2.45) is 0 Å². The Kier molecular flexibility index (Phi) is 2.81. The number of hydrogen-bond acceptors (Lipinski definition) is 2. The molecule has 0 bridgehead atoms. The molecule has 0 aromatic carbocycles. The average Bonchev–Trinajstić information content (AvgIpc) is 2.04. The van der Waals surface area contributed by atoms with Crippen molar-refractivity contribution in [3.63, 3.8) is 0 Å². The SMILES string of the molecule is COc1ccc(Cl)nc1C(F)F. The van der Waals surface area contributed by atoms with Crippen LogP contribution in [-0.4, -0.2) is 12.1 Å². The van der Waals surface area contributed by atoms with Crippen molar-refractivity contribution in [1.29, 1.82) is 0 Å². The highest BCUT2D eigenvalue weighted by Crippen LogP contribution is 2.27. The molecule has 5 heteroatoms. The summed E-state index contributed by atoms with van der Waals surface area (Å²) in [7, 11) is 1.30. The number of rotatable bonds is 2. The van der Waals surface area contributed by atoms with E-state index in [-0.39, 0.29) is 10.9 Å². The Morgan fingerprint density at radius 2 is 2.17 bits per heavy atom. The topological polar surface area (TPSA) is 22.1 Å². The van der Waals surface area contributed by atoms with Gasteiger partial charge in [-0.3, -0.25) is 0 Å². The van der Waals surface area contributed by atoms with Crippen LogP contribution in [0.25, 0.3) is 0 Å². The summed E-state index contributed by atoms with van der Waals surface area (Å²) < 4.78 is 29.0. The van der Waals surface area contributed by atoms with Crippen LogP contribution in [0.15, 0.2) is 12.1 Å². The molecule has 0 aliphatic heterocycles. The van der Waals surface area contributed by atoms with Gasteiger partial charge in [0.05, 0.1) is 7.11 Å². The normalized spacial score (nSPS) is 10.4. The Morgan fingerprint density at radius 3 is 2.67 bits per heavy atom. The number of methoxy groups -OCH3 is 1. The molecular weight excluding hydrogens is 188 g/mol. The zero-order valence-corrected chi connectivity index (χ0v) is 6.98. The minimum Gasteiger partial charge on any atom is -0.495 e. The summed E-state index contributed by atoms with van der Waals surface area (Å²) in [6.07, 6.45) is -2.67. The van der Waals surface area contributed by atoms with Gasteiger partial charge in [0, 0.05) is 0 Å². The lowest BCUT2D eigenvalue weighted by Crippen LogP contribution is -1.95. The number of pyridine rings is 1. The van der Waals surface area contributed by atoms with Crippen molar-refractivity contribution < 1.29 is 13.5 Å². The third kappa shape index (κ3) is 1.82. The van der Waals surface area contributed by atoms with Gasteiger partial charge in [-0.1, -0.05) is 11.6 Å². The van der Waals surface area contributed by atoms with E-state index in [1.807, 2.05) is 0 Å². The Labute approximate surface area is 73.1 Å². The first-order chi connectivity index (χ1) is 5.65. The number of aromatic nitrogens is 1. The van der Waals surface area contributed by atoms with Crippen molar-refractivity contribution in [3.8, 4) is 5.75 Å². The molecule has 0 radical (unpaired) electrons. The molecule has 0 amide bonds. The minimum absolute atomic E-state index is 0.0334. The maximum atomic E-state index is 12.2. The number of nitrogens with zero attached hydrogens (tertiary/aromatic N) is 1. The van der Waals surface area contributed by atoms with Gasteiger partial charge < -0.3 is 4.74 Å². The third-order valence-corrected chi connectivity index (χ3v) is 1.49. The summed E-state index contributed by atoms with van der Waals surface area (Å²) in [5.41, 5.74) is -0.426. The summed E-state index contributed by atoms with van der Waals surface area (Å²) in [6.45, 7) is 0. The van der Waals surface area contributed by atoms with E-state index >= 15 is 0 Å². The first-order valence-electron chi connectivity index (χ1n) is 3.13. The van der Waals surface area contributed by atoms with Gasteiger partial charge in [0.25, 0.3) is 6.43 Å². The lowest BCUT2D eigenvalue weighted by atomic mass is 10.3. The van der Waals surface area contributed by atoms with Gasteiger partial charge in [0.2, 0.25) is 0 Å². The molecular formula is C7H6ClF2NO. The van der Waals surface area contributed by atoms with Crippen molar-refractivity contribution in [2.45, 2.75) is 6.43 Å². The lowest BCUT2D eigenvalue weighted by molar-refractivity contribution is 0.141. The van der Waals surface area contributed by atoms with Gasteiger partial charge >= 0.3 is 0 Å². The van der Waals surface area contributed by atoms with Gasteiger partial charge in [0.1, 0.15) is 16.6 Å². The first-order valence-corrected chi connectivity index (χ1v) is 3.51. The fraction of sp³-hybridized carbons (Fsp3) is 0.286. The van der Waals surface area contributed by atoms with E-state index in [1.54, 1.807) is 0 Å². The average molecular weight is 194 g/mol. The Morgan fingerprint density at radius 1 is 1.50 bits per heavy atom. The molecule has 1 aromatic rings. The number of alkyl halides is 2. The Hall–Kier alpha value is -0.900. The highest BCUT2D eigenvalue weighted by atomic mass is 35.5. The monoisotopic (exact) mass is 193 g/mol. The fourth-order valence-electron chi connectivity index (χ4n) is 0.766. The lowest BCUT2D eigenvalue weighted by Gasteiger charge is -2.05. The Bertz CT molecular complexity index is 280. The molecule has 0 spiro atoms. The summed E-state index contributed by atoms with van der Waals surface area (Å²) >= 11 is 5.42. The second-order valence-electron chi connectivity index (χ2n) is 2.02. The van der Waals surface area contributed by atoms with Crippen molar-refractivity contribution in [1.82, 2.24) is 4.98 Å². The highest BCUT2D eigenvalue weighted by molar-refractivity contribution is 6.29. The Balaban J connectivity index is 3.12. The quantitative estimate of drug-likeness (QED) is 0.674. The standard InChI is InChI=1S/C7H6ClF2NO/c1-12-4-2-3-5(8)11-6(4)7(9)10/h2-3,7H,1H3. The maximum Gasteiger partial charge on any atom is 0.284 e. The van der Waals surface area contributed by atoms with Gasteiger partial charge in [0.15, 0.2) is 0 Å². The molecule has 0 aliphatic rings. The third-order valence-electron chi connectivity index (χ3n) is 1.28. The van der Waals surface area contributed by atoms with E-state index in [0.29, 0.717) is 0 Å². The van der Waals surface area contributed by atoms with Crippen LogP contribution in [0.1, 0.15) is 12.1 Å². The zero-order valence-electron chi connectivity index (χ0n) is 6.22. The maximum absolute atomic E-state index is 12.2. The number of hydrogen-bond donors (Lipinski definition) is 0. The molecule has 2 nitrogen and oxygen atoms in total. The van der Waals surface area contributed by atoms with Crippen LogP contribution in [0, 0.1) is 0 Å². The van der Waals surface area contributed by atoms with Gasteiger partial charge in [-0.25, -0.2) is 13.8 Å².